The summed E-state index contributed by atoms with van der Waals surface area (Å²) in [6.45, 7) is 0. The van der Waals surface area contributed by atoms with Crippen LogP contribution in [0.2, 0.25) is 0 Å². The molecule has 0 aliphatic heterocycles. The van der Waals surface area contributed by atoms with Crippen LogP contribution in [-0.4, -0.2) is 8.80 Å². The first-order valence-electron chi connectivity index (χ1n) is 17.4. The predicted octanol–water partition coefficient (Wildman–Crippen LogP) is 13.0. The van der Waals surface area contributed by atoms with Gasteiger partial charge in [0.1, 0.15) is 0 Å². The summed E-state index contributed by atoms with van der Waals surface area (Å²) in [7, 11) is 0. The van der Waals surface area contributed by atoms with Gasteiger partial charge in [-0.05, 0) is 81.9 Å². The highest BCUT2D eigenvalue weighted by Gasteiger charge is 2.21. The monoisotopic (exact) mass is 632 g/mol. The van der Waals surface area contributed by atoms with Crippen LogP contribution >= 0.6 is 0 Å². The fraction of sp³-hybridized carbons (Fsp3) is 0. The predicted molar refractivity (Wildman–Crippen MR) is 212 cm³/mol. The van der Waals surface area contributed by atoms with Crippen molar-refractivity contribution in [2.24, 2.45) is 0 Å². The van der Waals surface area contributed by atoms with Gasteiger partial charge in [0.15, 0.2) is 0 Å². The second kappa shape index (κ2) is 9.49. The number of nitrogens with zero attached hydrogens (tertiary/aromatic N) is 2. The third-order valence-corrected chi connectivity index (χ3v) is 11.2. The zero-order valence-corrected chi connectivity index (χ0v) is 27.1. The molecule has 4 aromatic heterocycles. The molecule has 12 rings (SSSR count). The van der Waals surface area contributed by atoms with Gasteiger partial charge in [-0.2, -0.15) is 0 Å². The van der Waals surface area contributed by atoms with Gasteiger partial charge in [-0.3, -0.25) is 0 Å². The number of benzene rings is 8. The lowest BCUT2D eigenvalue weighted by Gasteiger charge is -2.07. The number of aromatic nitrogens is 2. The smallest absolute Gasteiger partial charge is 0.0620 e. The van der Waals surface area contributed by atoms with Gasteiger partial charge in [0, 0.05) is 43.1 Å². The molecule has 2 heteroatoms. The molecule has 0 bridgehead atoms. The Morgan fingerprint density at radius 2 is 0.660 bits per heavy atom. The standard InChI is InChI=1S/C48H28N2/c1-3-10-29(11-4-1)31-19-22-45-40(24-31)42-27-34(26-41-35-14-7-8-17-43(35)49(45)48(41)42)32-20-23-44-39(25-32)38-16-9-15-37-36-21-18-33(30-12-5-2-6-13-30)28-46(36)50(44)47(37)38/h1-28H. The molecule has 12 aromatic rings. The van der Waals surface area contributed by atoms with E-state index in [1.54, 1.807) is 0 Å². The van der Waals surface area contributed by atoms with Gasteiger partial charge in [0.25, 0.3) is 0 Å². The molecule has 0 amide bonds. The van der Waals surface area contributed by atoms with Gasteiger partial charge < -0.3 is 8.80 Å². The van der Waals surface area contributed by atoms with Crippen molar-refractivity contribution in [1.29, 1.82) is 0 Å². The van der Waals surface area contributed by atoms with Crippen molar-refractivity contribution in [3.05, 3.63) is 170 Å². The minimum absolute atomic E-state index is 1.24. The summed E-state index contributed by atoms with van der Waals surface area (Å²) < 4.78 is 4.96. The van der Waals surface area contributed by atoms with Gasteiger partial charge in [0.2, 0.25) is 0 Å². The van der Waals surface area contributed by atoms with Gasteiger partial charge >= 0.3 is 0 Å². The van der Waals surface area contributed by atoms with Crippen molar-refractivity contribution in [3.8, 4) is 33.4 Å². The summed E-state index contributed by atoms with van der Waals surface area (Å²) in [6.07, 6.45) is 0. The van der Waals surface area contributed by atoms with Crippen LogP contribution in [0.3, 0.4) is 0 Å². The lowest BCUT2D eigenvalue weighted by atomic mass is 9.97. The van der Waals surface area contributed by atoms with E-state index in [0.717, 1.165) is 0 Å². The van der Waals surface area contributed by atoms with Gasteiger partial charge in [0.05, 0.1) is 33.1 Å². The first-order valence-corrected chi connectivity index (χ1v) is 17.4. The first kappa shape index (κ1) is 26.3. The van der Waals surface area contributed by atoms with Crippen molar-refractivity contribution in [3.63, 3.8) is 0 Å². The molecule has 0 spiro atoms. The SMILES string of the molecule is c1ccc(-c2ccc3c(c2)c2cc(-c4ccc5c(c4)c4cccc6c7ccc(-c8ccccc8)cc7n5c46)cc4c5ccccc5n3c42)cc1. The summed E-state index contributed by atoms with van der Waals surface area (Å²) in [4.78, 5) is 0. The maximum atomic E-state index is 2.49. The molecule has 0 unspecified atom stereocenters. The molecule has 0 saturated carbocycles. The lowest BCUT2D eigenvalue weighted by molar-refractivity contribution is 1.37. The Balaban J connectivity index is 1.13. The fourth-order valence-corrected chi connectivity index (χ4v) is 8.95. The normalized spacial score (nSPS) is 12.4. The Morgan fingerprint density at radius 3 is 1.38 bits per heavy atom. The lowest BCUT2D eigenvalue weighted by Crippen LogP contribution is -1.84. The number of hydrogen-bond donors (Lipinski definition) is 0. The van der Waals surface area contributed by atoms with Crippen LogP contribution in [0, 0.1) is 0 Å². The summed E-state index contributed by atoms with van der Waals surface area (Å²) in [5.74, 6) is 0. The van der Waals surface area contributed by atoms with Crippen molar-refractivity contribution in [2.45, 2.75) is 0 Å². The van der Waals surface area contributed by atoms with E-state index in [0.29, 0.717) is 0 Å². The van der Waals surface area contributed by atoms with E-state index in [1.807, 2.05) is 0 Å². The molecule has 0 N–H and O–H groups in total. The molecule has 2 nitrogen and oxygen atoms in total. The van der Waals surface area contributed by atoms with Crippen LogP contribution in [0.5, 0.6) is 0 Å². The molecule has 0 atom stereocenters. The van der Waals surface area contributed by atoms with Crippen LogP contribution in [0.4, 0.5) is 0 Å². The number of hydrogen-bond acceptors (Lipinski definition) is 0. The second-order valence-electron chi connectivity index (χ2n) is 13.7. The number of rotatable bonds is 3. The molecule has 0 aliphatic rings. The van der Waals surface area contributed by atoms with Crippen molar-refractivity contribution < 1.29 is 0 Å². The molecule has 50 heavy (non-hydrogen) atoms. The molecule has 8 aromatic carbocycles. The Kier molecular flexibility index (Phi) is 5.00. The molecule has 0 fully saturated rings. The van der Waals surface area contributed by atoms with Gasteiger partial charge in [-0.15, -0.1) is 0 Å². The van der Waals surface area contributed by atoms with E-state index in [2.05, 4.69) is 179 Å². The second-order valence-corrected chi connectivity index (χ2v) is 13.7. The van der Waals surface area contributed by atoms with Gasteiger partial charge in [-0.1, -0.05) is 121 Å². The third kappa shape index (κ3) is 3.37. The van der Waals surface area contributed by atoms with Crippen molar-refractivity contribution in [2.75, 3.05) is 0 Å². The van der Waals surface area contributed by atoms with Crippen LogP contribution in [0.1, 0.15) is 0 Å². The fourth-order valence-electron chi connectivity index (χ4n) is 8.95. The number of fused-ring (bicyclic) bond motifs is 12. The van der Waals surface area contributed by atoms with E-state index in [1.165, 1.54) is 110 Å². The van der Waals surface area contributed by atoms with E-state index >= 15 is 0 Å². The molecule has 0 saturated heterocycles. The molecule has 230 valence electrons. The van der Waals surface area contributed by atoms with Crippen LogP contribution in [0.15, 0.2) is 170 Å². The average Bonchev–Trinajstić information content (AvgIpc) is 3.91. The van der Waals surface area contributed by atoms with E-state index in [-0.39, 0.29) is 0 Å². The number of para-hydroxylation sites is 2. The largest absolute Gasteiger partial charge is 0.308 e. The Bertz CT molecular complexity index is 3290. The Morgan fingerprint density at radius 1 is 0.220 bits per heavy atom. The maximum absolute atomic E-state index is 2.49. The summed E-state index contributed by atoms with van der Waals surface area (Å²) in [5, 5.41) is 10.4. The minimum Gasteiger partial charge on any atom is -0.308 e. The zero-order valence-electron chi connectivity index (χ0n) is 27.1. The first-order chi connectivity index (χ1) is 24.8. The Hall–Kier alpha value is -6.64. The van der Waals surface area contributed by atoms with Crippen molar-refractivity contribution in [1.82, 2.24) is 8.80 Å². The Labute approximate surface area is 287 Å². The van der Waals surface area contributed by atoms with Gasteiger partial charge in [-0.25, -0.2) is 0 Å². The van der Waals surface area contributed by atoms with E-state index in [4.69, 9.17) is 0 Å². The summed E-state index contributed by atoms with van der Waals surface area (Å²) >= 11 is 0. The topological polar surface area (TPSA) is 8.82 Å². The zero-order chi connectivity index (χ0) is 32.5. The third-order valence-electron chi connectivity index (χ3n) is 11.2. The van der Waals surface area contributed by atoms with Crippen LogP contribution in [-0.2, 0) is 0 Å². The highest BCUT2D eigenvalue weighted by Crippen LogP contribution is 2.45. The van der Waals surface area contributed by atoms with E-state index in [9.17, 15) is 0 Å². The molecular weight excluding hydrogens is 605 g/mol. The maximum Gasteiger partial charge on any atom is 0.0620 e. The summed E-state index contributed by atoms with van der Waals surface area (Å²) in [6, 6.07) is 62.9. The quantitative estimate of drug-likeness (QED) is 0.183. The van der Waals surface area contributed by atoms with Crippen molar-refractivity contribution >= 4 is 76.2 Å². The highest BCUT2D eigenvalue weighted by molar-refractivity contribution is 6.26. The van der Waals surface area contributed by atoms with Crippen LogP contribution in [0.25, 0.3) is 110 Å². The molecule has 0 aliphatic carbocycles. The van der Waals surface area contributed by atoms with E-state index < -0.39 is 0 Å². The minimum atomic E-state index is 1.24. The molecular formula is C48H28N2. The summed E-state index contributed by atoms with van der Waals surface area (Å²) in [5.41, 5.74) is 15.1. The van der Waals surface area contributed by atoms with Crippen LogP contribution < -0.4 is 0 Å². The molecule has 0 radical (unpaired) electrons. The average molecular weight is 633 g/mol. The highest BCUT2D eigenvalue weighted by atomic mass is 14.9. The molecule has 4 heterocycles.